The summed E-state index contributed by atoms with van der Waals surface area (Å²) in [4.78, 5) is 6.75. The number of piperidine rings is 1. The van der Waals surface area contributed by atoms with E-state index in [9.17, 15) is 0 Å². The molecule has 1 unspecified atom stereocenters. The Bertz CT molecular complexity index is 461. The molecule has 0 aliphatic carbocycles. The quantitative estimate of drug-likeness (QED) is 0.346. The molecule has 5 heteroatoms. The minimum absolute atomic E-state index is 0. The number of hydrogen-bond acceptors (Lipinski definition) is 2. The lowest BCUT2D eigenvalue weighted by atomic mass is 10.0. The molecule has 4 nitrogen and oxygen atoms in total. The Morgan fingerprint density at radius 2 is 2.09 bits per heavy atom. The maximum atomic E-state index is 6.09. The van der Waals surface area contributed by atoms with Crippen LogP contribution in [0, 0.1) is 5.92 Å². The van der Waals surface area contributed by atoms with E-state index in [1.165, 1.54) is 18.4 Å². The van der Waals surface area contributed by atoms with Gasteiger partial charge in [0.1, 0.15) is 5.75 Å². The predicted octanol–water partition coefficient (Wildman–Crippen LogP) is 3.29. The van der Waals surface area contributed by atoms with Gasteiger partial charge < -0.3 is 15.4 Å². The first-order valence-corrected chi connectivity index (χ1v) is 7.87. The molecule has 22 heavy (non-hydrogen) atoms. The number of nitrogens with zero attached hydrogens (tertiary/aromatic N) is 2. The van der Waals surface area contributed by atoms with Crippen LogP contribution in [0.5, 0.6) is 5.75 Å². The molecule has 0 bridgehead atoms. The number of aliphatic imine (C=N–C) groups is 1. The van der Waals surface area contributed by atoms with Crippen molar-refractivity contribution in [2.75, 3.05) is 26.7 Å². The Balaban J connectivity index is 0.00000242. The van der Waals surface area contributed by atoms with Gasteiger partial charge in [0.15, 0.2) is 5.96 Å². The smallest absolute Gasteiger partial charge is 0.191 e. The maximum absolute atomic E-state index is 6.09. The summed E-state index contributed by atoms with van der Waals surface area (Å²) in [5.74, 6) is 2.35. The summed E-state index contributed by atoms with van der Waals surface area (Å²) < 4.78 is 5.16. The lowest BCUT2D eigenvalue weighted by Crippen LogP contribution is -2.43. The molecule has 0 spiro atoms. The molecule has 0 aromatic heterocycles. The van der Waals surface area contributed by atoms with E-state index in [4.69, 9.17) is 10.5 Å². The van der Waals surface area contributed by atoms with Crippen molar-refractivity contribution in [2.45, 2.75) is 32.6 Å². The topological polar surface area (TPSA) is 50.9 Å². The Morgan fingerprint density at radius 1 is 1.36 bits per heavy atom. The molecule has 1 heterocycles. The van der Waals surface area contributed by atoms with Crippen LogP contribution in [0.1, 0.15) is 31.7 Å². The van der Waals surface area contributed by atoms with E-state index in [0.29, 0.717) is 0 Å². The molecule has 1 fully saturated rings. The van der Waals surface area contributed by atoms with Gasteiger partial charge in [-0.15, -0.1) is 24.0 Å². The number of aryl methyl sites for hydroxylation is 1. The Hall–Kier alpha value is -0.980. The van der Waals surface area contributed by atoms with Crippen molar-refractivity contribution < 1.29 is 4.74 Å². The molecule has 1 atom stereocenters. The molecular formula is C17H28IN3O. The van der Waals surface area contributed by atoms with Gasteiger partial charge in [0.05, 0.1) is 7.11 Å². The highest BCUT2D eigenvalue weighted by molar-refractivity contribution is 14.0. The van der Waals surface area contributed by atoms with Crippen LogP contribution in [0.4, 0.5) is 0 Å². The molecule has 1 aliphatic heterocycles. The average Bonchev–Trinajstić information content (AvgIpc) is 2.52. The van der Waals surface area contributed by atoms with Crippen molar-refractivity contribution >= 4 is 29.9 Å². The van der Waals surface area contributed by atoms with E-state index in [2.05, 4.69) is 28.9 Å². The van der Waals surface area contributed by atoms with Crippen molar-refractivity contribution in [3.05, 3.63) is 29.8 Å². The second-order valence-corrected chi connectivity index (χ2v) is 5.88. The van der Waals surface area contributed by atoms with Gasteiger partial charge in [0, 0.05) is 19.6 Å². The van der Waals surface area contributed by atoms with Crippen molar-refractivity contribution in [1.82, 2.24) is 4.90 Å². The van der Waals surface area contributed by atoms with Crippen LogP contribution in [0.15, 0.2) is 29.3 Å². The zero-order valence-electron chi connectivity index (χ0n) is 13.6. The molecule has 124 valence electrons. The summed E-state index contributed by atoms with van der Waals surface area (Å²) in [5.41, 5.74) is 7.40. The van der Waals surface area contributed by atoms with Crippen LogP contribution >= 0.6 is 24.0 Å². The summed E-state index contributed by atoms with van der Waals surface area (Å²) in [7, 11) is 1.69. The summed E-state index contributed by atoms with van der Waals surface area (Å²) >= 11 is 0. The van der Waals surface area contributed by atoms with E-state index < -0.39 is 0 Å². The minimum atomic E-state index is 0. The maximum Gasteiger partial charge on any atom is 0.191 e. The first kappa shape index (κ1) is 19.1. The van der Waals surface area contributed by atoms with Crippen LogP contribution in [0.3, 0.4) is 0 Å². The number of likely N-dealkylation sites (tertiary alicyclic amines) is 1. The third kappa shape index (κ3) is 6.02. The number of nitrogens with two attached hydrogens (primary N) is 1. The first-order chi connectivity index (χ1) is 10.2. The predicted molar refractivity (Wildman–Crippen MR) is 103 cm³/mol. The van der Waals surface area contributed by atoms with E-state index in [1.807, 2.05) is 12.1 Å². The van der Waals surface area contributed by atoms with Gasteiger partial charge in [-0.05, 0) is 49.3 Å². The molecule has 1 aromatic carbocycles. The fraction of sp³-hybridized carbons (Fsp3) is 0.588. The minimum Gasteiger partial charge on any atom is -0.497 e. The van der Waals surface area contributed by atoms with Gasteiger partial charge in [0.25, 0.3) is 0 Å². The monoisotopic (exact) mass is 417 g/mol. The van der Waals surface area contributed by atoms with Crippen LogP contribution in [0.25, 0.3) is 0 Å². The lowest BCUT2D eigenvalue weighted by molar-refractivity contribution is 0.270. The van der Waals surface area contributed by atoms with E-state index in [0.717, 1.165) is 50.1 Å². The van der Waals surface area contributed by atoms with Crippen molar-refractivity contribution in [3.63, 3.8) is 0 Å². The van der Waals surface area contributed by atoms with Crippen molar-refractivity contribution in [2.24, 2.45) is 16.6 Å². The van der Waals surface area contributed by atoms with Gasteiger partial charge in [-0.2, -0.15) is 0 Å². The van der Waals surface area contributed by atoms with Crippen LogP contribution in [-0.2, 0) is 6.42 Å². The number of ether oxygens (including phenoxy) is 1. The highest BCUT2D eigenvalue weighted by atomic mass is 127. The Labute approximate surface area is 151 Å². The highest BCUT2D eigenvalue weighted by Crippen LogP contribution is 2.15. The van der Waals surface area contributed by atoms with Gasteiger partial charge in [-0.3, -0.25) is 4.99 Å². The lowest BCUT2D eigenvalue weighted by Gasteiger charge is -2.31. The number of methoxy groups -OCH3 is 1. The molecule has 1 saturated heterocycles. The molecule has 0 radical (unpaired) electrons. The number of hydrogen-bond donors (Lipinski definition) is 1. The normalized spacial score (nSPS) is 18.7. The molecule has 1 aliphatic rings. The molecular weight excluding hydrogens is 389 g/mol. The standard InChI is InChI=1S/C17H27N3O.HI/c1-14-5-4-12-20(13-14)17(18)19-11-3-6-15-7-9-16(21-2)10-8-15;/h7-10,14H,3-6,11-13H2,1-2H3,(H2,18,19);1H. The van der Waals surface area contributed by atoms with Gasteiger partial charge in [-0.1, -0.05) is 19.1 Å². The molecule has 0 saturated carbocycles. The summed E-state index contributed by atoms with van der Waals surface area (Å²) in [6, 6.07) is 8.22. The van der Waals surface area contributed by atoms with Crippen molar-refractivity contribution in [3.8, 4) is 5.75 Å². The van der Waals surface area contributed by atoms with Gasteiger partial charge in [-0.25, -0.2) is 0 Å². The molecule has 1 aromatic rings. The number of rotatable bonds is 5. The fourth-order valence-corrected chi connectivity index (χ4v) is 2.77. The van der Waals surface area contributed by atoms with Crippen LogP contribution in [0.2, 0.25) is 0 Å². The van der Waals surface area contributed by atoms with Gasteiger partial charge in [0.2, 0.25) is 0 Å². The second-order valence-electron chi connectivity index (χ2n) is 5.88. The Kier molecular flexibility index (Phi) is 8.60. The van der Waals surface area contributed by atoms with Crippen LogP contribution in [-0.4, -0.2) is 37.6 Å². The molecule has 2 rings (SSSR count). The number of benzene rings is 1. The summed E-state index contributed by atoms with van der Waals surface area (Å²) in [6.07, 6.45) is 4.58. The highest BCUT2D eigenvalue weighted by Gasteiger charge is 2.17. The number of guanidine groups is 1. The molecule has 2 N–H and O–H groups in total. The Morgan fingerprint density at radius 3 is 2.73 bits per heavy atom. The summed E-state index contributed by atoms with van der Waals surface area (Å²) in [5, 5.41) is 0. The average molecular weight is 417 g/mol. The largest absolute Gasteiger partial charge is 0.497 e. The van der Waals surface area contributed by atoms with E-state index in [-0.39, 0.29) is 24.0 Å². The third-order valence-electron chi connectivity index (χ3n) is 4.04. The molecule has 0 amide bonds. The fourth-order valence-electron chi connectivity index (χ4n) is 2.77. The van der Waals surface area contributed by atoms with Crippen molar-refractivity contribution in [1.29, 1.82) is 0 Å². The van der Waals surface area contributed by atoms with E-state index >= 15 is 0 Å². The summed E-state index contributed by atoms with van der Waals surface area (Å²) in [6.45, 7) is 5.18. The van der Waals surface area contributed by atoms with Crippen LogP contribution < -0.4 is 10.5 Å². The first-order valence-electron chi connectivity index (χ1n) is 7.87. The third-order valence-corrected chi connectivity index (χ3v) is 4.04. The van der Waals surface area contributed by atoms with E-state index in [1.54, 1.807) is 7.11 Å². The second kappa shape index (κ2) is 9.92. The number of halogens is 1. The van der Waals surface area contributed by atoms with Gasteiger partial charge >= 0.3 is 0 Å². The zero-order valence-corrected chi connectivity index (χ0v) is 16.0. The SMILES string of the molecule is COc1ccc(CCCN=C(N)N2CCCC(C)C2)cc1.I. The zero-order chi connectivity index (χ0) is 15.1.